The Balaban J connectivity index is 1.46. The molecule has 0 aliphatic carbocycles. The Kier molecular flexibility index (Phi) is 6.96. The molecule has 0 bridgehead atoms. The second kappa shape index (κ2) is 9.83. The van der Waals surface area contributed by atoms with Crippen molar-refractivity contribution in [3.8, 4) is 5.69 Å². The zero-order chi connectivity index (χ0) is 21.5. The van der Waals surface area contributed by atoms with E-state index in [0.29, 0.717) is 22.1 Å². The molecular formula is C19H21N7O3S. The van der Waals surface area contributed by atoms with Gasteiger partial charge in [-0.15, -0.1) is 0 Å². The third kappa shape index (κ3) is 5.54. The first-order valence-electron chi connectivity index (χ1n) is 9.11. The van der Waals surface area contributed by atoms with Crippen LogP contribution in [0.5, 0.6) is 0 Å². The van der Waals surface area contributed by atoms with E-state index in [4.69, 9.17) is 0 Å². The van der Waals surface area contributed by atoms with E-state index >= 15 is 0 Å². The van der Waals surface area contributed by atoms with Crippen LogP contribution in [0.4, 0.5) is 5.69 Å². The lowest BCUT2D eigenvalue weighted by atomic mass is 10.1. The summed E-state index contributed by atoms with van der Waals surface area (Å²) in [5.74, 6) is -0.670. The van der Waals surface area contributed by atoms with Crippen molar-refractivity contribution in [3.63, 3.8) is 0 Å². The van der Waals surface area contributed by atoms with E-state index in [1.54, 1.807) is 42.2 Å². The molecule has 0 aliphatic heterocycles. The van der Waals surface area contributed by atoms with Gasteiger partial charge in [0.1, 0.15) is 12.7 Å². The molecule has 0 saturated carbocycles. The molecule has 0 atom stereocenters. The van der Waals surface area contributed by atoms with Crippen LogP contribution in [0.25, 0.3) is 5.69 Å². The number of amides is 2. The summed E-state index contributed by atoms with van der Waals surface area (Å²) in [5, 5.41) is 9.83. The van der Waals surface area contributed by atoms with E-state index in [9.17, 15) is 14.4 Å². The van der Waals surface area contributed by atoms with Gasteiger partial charge in [0.05, 0.1) is 12.2 Å². The number of H-pyrrole nitrogens is 1. The molecule has 0 unspecified atom stereocenters. The number of anilines is 1. The second-order valence-electron chi connectivity index (χ2n) is 6.35. The van der Waals surface area contributed by atoms with Gasteiger partial charge < -0.3 is 15.6 Å². The lowest BCUT2D eigenvalue weighted by Crippen LogP contribution is -2.33. The van der Waals surface area contributed by atoms with E-state index < -0.39 is 0 Å². The molecule has 0 fully saturated rings. The monoisotopic (exact) mass is 427 g/mol. The van der Waals surface area contributed by atoms with Crippen molar-refractivity contribution in [2.24, 2.45) is 0 Å². The summed E-state index contributed by atoms with van der Waals surface area (Å²) in [6.07, 6.45) is 5.17. The number of aryl methyl sites for hydroxylation is 1. The molecule has 0 radical (unpaired) electrons. The average Bonchev–Trinajstić information content (AvgIpc) is 3.27. The largest absolute Gasteiger partial charge is 0.347 e. The zero-order valence-corrected chi connectivity index (χ0v) is 17.3. The minimum Gasteiger partial charge on any atom is -0.347 e. The maximum atomic E-state index is 12.1. The lowest BCUT2D eigenvalue weighted by molar-refractivity contribution is -0.124. The highest BCUT2D eigenvalue weighted by molar-refractivity contribution is 7.98. The topological polar surface area (TPSA) is 135 Å². The minimum absolute atomic E-state index is 0.0874. The van der Waals surface area contributed by atoms with Crippen LogP contribution in [0, 0.1) is 6.92 Å². The normalized spacial score (nSPS) is 10.6. The molecule has 10 nitrogen and oxygen atoms in total. The standard InChI is InChI=1S/C19H21N7O3S/c1-12-15(18(29)25-19(23-12)30-2)7-8-16(27)21-9-17(28)24-13-3-5-14(6-4-13)26-11-20-10-22-26/h3-6,10-11H,7-9H2,1-2H3,(H,21,27)(H,24,28)(H,23,25,29). The molecule has 2 aromatic heterocycles. The van der Waals surface area contributed by atoms with Gasteiger partial charge >= 0.3 is 0 Å². The van der Waals surface area contributed by atoms with Crippen LogP contribution in [0.15, 0.2) is 46.9 Å². The number of aromatic amines is 1. The average molecular weight is 427 g/mol. The van der Waals surface area contributed by atoms with Crippen molar-refractivity contribution in [2.45, 2.75) is 24.9 Å². The molecule has 0 spiro atoms. The van der Waals surface area contributed by atoms with Gasteiger partial charge in [-0.1, -0.05) is 11.8 Å². The molecule has 0 aliphatic rings. The van der Waals surface area contributed by atoms with Gasteiger partial charge in [0.15, 0.2) is 5.16 Å². The highest BCUT2D eigenvalue weighted by Crippen LogP contribution is 2.12. The summed E-state index contributed by atoms with van der Waals surface area (Å²) < 4.78 is 1.60. The Morgan fingerprint density at radius 2 is 1.97 bits per heavy atom. The summed E-state index contributed by atoms with van der Waals surface area (Å²) >= 11 is 1.34. The van der Waals surface area contributed by atoms with E-state index in [2.05, 4.69) is 30.7 Å². The van der Waals surface area contributed by atoms with Crippen LogP contribution in [0.3, 0.4) is 0 Å². The van der Waals surface area contributed by atoms with Crippen LogP contribution in [-0.2, 0) is 16.0 Å². The molecule has 3 aromatic rings. The van der Waals surface area contributed by atoms with E-state index in [0.717, 1.165) is 5.69 Å². The van der Waals surface area contributed by atoms with Gasteiger partial charge in [-0.25, -0.2) is 14.6 Å². The fourth-order valence-electron chi connectivity index (χ4n) is 2.73. The van der Waals surface area contributed by atoms with Crippen molar-refractivity contribution in [1.82, 2.24) is 30.0 Å². The number of thioether (sulfide) groups is 1. The van der Waals surface area contributed by atoms with Crippen LogP contribution in [0.1, 0.15) is 17.7 Å². The number of nitrogens with zero attached hydrogens (tertiary/aromatic N) is 4. The second-order valence-corrected chi connectivity index (χ2v) is 7.15. The minimum atomic E-state index is -0.350. The number of carbonyl (C=O) groups excluding carboxylic acids is 2. The third-order valence-corrected chi connectivity index (χ3v) is 4.86. The van der Waals surface area contributed by atoms with E-state index in [1.165, 1.54) is 18.1 Å². The molecule has 3 rings (SSSR count). The number of rotatable bonds is 8. The first kappa shape index (κ1) is 21.2. The van der Waals surface area contributed by atoms with Gasteiger partial charge in [0.25, 0.3) is 5.56 Å². The Bertz CT molecular complexity index is 1080. The highest BCUT2D eigenvalue weighted by Gasteiger charge is 2.11. The van der Waals surface area contributed by atoms with Crippen molar-refractivity contribution < 1.29 is 9.59 Å². The summed E-state index contributed by atoms with van der Waals surface area (Å²) in [7, 11) is 0. The maximum absolute atomic E-state index is 12.1. The molecule has 0 saturated heterocycles. The van der Waals surface area contributed by atoms with Gasteiger partial charge in [0.2, 0.25) is 11.8 Å². The Morgan fingerprint density at radius 3 is 2.60 bits per heavy atom. The Labute approximate surface area is 176 Å². The zero-order valence-electron chi connectivity index (χ0n) is 16.5. The van der Waals surface area contributed by atoms with Gasteiger partial charge in [0, 0.05) is 23.4 Å². The summed E-state index contributed by atoms with van der Waals surface area (Å²) in [5.41, 5.74) is 2.24. The predicted molar refractivity (Wildman–Crippen MR) is 113 cm³/mol. The van der Waals surface area contributed by atoms with Crippen LogP contribution in [-0.4, -0.2) is 49.3 Å². The summed E-state index contributed by atoms with van der Waals surface area (Å²) in [6, 6.07) is 7.05. The molecule has 2 heterocycles. The predicted octanol–water partition coefficient (Wildman–Crippen LogP) is 1.07. The van der Waals surface area contributed by atoms with Crippen molar-refractivity contribution in [2.75, 3.05) is 18.1 Å². The molecule has 156 valence electrons. The van der Waals surface area contributed by atoms with Crippen LogP contribution >= 0.6 is 11.8 Å². The number of aromatic nitrogens is 5. The summed E-state index contributed by atoms with van der Waals surface area (Å²) in [6.45, 7) is 1.58. The van der Waals surface area contributed by atoms with Gasteiger partial charge in [-0.2, -0.15) is 5.10 Å². The molecule has 30 heavy (non-hydrogen) atoms. The fraction of sp³-hybridized carbons (Fsp3) is 0.263. The van der Waals surface area contributed by atoms with Crippen molar-refractivity contribution in [1.29, 1.82) is 0 Å². The van der Waals surface area contributed by atoms with Crippen LogP contribution in [0.2, 0.25) is 0 Å². The highest BCUT2D eigenvalue weighted by atomic mass is 32.2. The quantitative estimate of drug-likeness (QED) is 0.361. The molecule has 3 N–H and O–H groups in total. The number of benzene rings is 1. The van der Waals surface area contributed by atoms with Gasteiger partial charge in [-0.3, -0.25) is 14.4 Å². The maximum Gasteiger partial charge on any atom is 0.254 e. The molecular weight excluding hydrogens is 406 g/mol. The first-order chi connectivity index (χ1) is 14.5. The molecule has 1 aromatic carbocycles. The Hall–Kier alpha value is -3.47. The fourth-order valence-corrected chi connectivity index (χ4v) is 3.15. The summed E-state index contributed by atoms with van der Waals surface area (Å²) in [4.78, 5) is 47.0. The number of nitrogens with one attached hydrogen (secondary N) is 3. The lowest BCUT2D eigenvalue weighted by Gasteiger charge is -2.09. The molecule has 11 heteroatoms. The van der Waals surface area contributed by atoms with E-state index in [-0.39, 0.29) is 36.8 Å². The molecule has 2 amide bonds. The van der Waals surface area contributed by atoms with Crippen molar-refractivity contribution in [3.05, 3.63) is 58.5 Å². The Morgan fingerprint density at radius 1 is 1.20 bits per heavy atom. The number of hydrogen-bond donors (Lipinski definition) is 3. The number of hydrogen-bond acceptors (Lipinski definition) is 7. The smallest absolute Gasteiger partial charge is 0.254 e. The number of carbonyl (C=O) groups is 2. The van der Waals surface area contributed by atoms with Crippen LogP contribution < -0.4 is 16.2 Å². The van der Waals surface area contributed by atoms with Crippen molar-refractivity contribution >= 4 is 29.3 Å². The first-order valence-corrected chi connectivity index (χ1v) is 10.3. The SMILES string of the molecule is CSc1nc(C)c(CCC(=O)NCC(=O)Nc2ccc(-n3cncn3)cc2)c(=O)[nH]1. The van der Waals surface area contributed by atoms with E-state index in [1.807, 2.05) is 6.26 Å². The third-order valence-electron chi connectivity index (χ3n) is 4.28. The van der Waals surface area contributed by atoms with Gasteiger partial charge in [-0.05, 0) is 43.9 Å².